The van der Waals surface area contributed by atoms with E-state index in [2.05, 4.69) is 17.1 Å². The van der Waals surface area contributed by atoms with Crippen LogP contribution in [0.5, 0.6) is 5.75 Å². The number of rotatable bonds is 1. The summed E-state index contributed by atoms with van der Waals surface area (Å²) in [5, 5.41) is 2.31. The van der Waals surface area contributed by atoms with Crippen LogP contribution in [0.15, 0.2) is 48.5 Å². The van der Waals surface area contributed by atoms with Crippen molar-refractivity contribution in [3.05, 3.63) is 48.5 Å². The number of hydrogen-bond acceptors (Lipinski definition) is 2. The van der Waals surface area contributed by atoms with Gasteiger partial charge in [-0.3, -0.25) is 0 Å². The average molecular weight is 209 g/mol. The van der Waals surface area contributed by atoms with E-state index in [4.69, 9.17) is 4.74 Å². The zero-order valence-electron chi connectivity index (χ0n) is 8.97. The van der Waals surface area contributed by atoms with Gasteiger partial charge in [-0.15, -0.1) is 0 Å². The lowest BCUT2D eigenvalue weighted by molar-refractivity contribution is 0.415. The van der Waals surface area contributed by atoms with Gasteiger partial charge in [-0.05, 0) is 24.3 Å². The van der Waals surface area contributed by atoms with E-state index in [1.165, 1.54) is 5.39 Å². The van der Waals surface area contributed by atoms with E-state index in [1.807, 2.05) is 36.4 Å². The topological polar surface area (TPSA) is 22.1 Å². The Hall–Kier alpha value is -2.09. The highest BCUT2D eigenvalue weighted by atomic mass is 16.5. The molecule has 0 saturated heterocycles. The number of aromatic nitrogens is 1. The standard InChI is InChI=1S/C14H11NO/c1-16-12-7-6-11-8-10-4-2-3-5-13(10)15-14(11)9-12/h2-9H,1H3. The van der Waals surface area contributed by atoms with E-state index < -0.39 is 0 Å². The fraction of sp³-hybridized carbons (Fsp3) is 0.0714. The summed E-state index contributed by atoms with van der Waals surface area (Å²) in [6, 6.07) is 16.2. The molecule has 1 heterocycles. The van der Waals surface area contributed by atoms with Crippen molar-refractivity contribution < 1.29 is 4.74 Å². The maximum Gasteiger partial charge on any atom is 0.121 e. The molecule has 0 atom stereocenters. The smallest absolute Gasteiger partial charge is 0.121 e. The lowest BCUT2D eigenvalue weighted by Gasteiger charge is -2.03. The molecule has 0 amide bonds. The Labute approximate surface area is 93.5 Å². The number of benzene rings is 2. The minimum absolute atomic E-state index is 0.843. The first-order valence-electron chi connectivity index (χ1n) is 5.20. The molecule has 0 fully saturated rings. The molecule has 0 aliphatic heterocycles. The van der Waals surface area contributed by atoms with Crippen LogP contribution in [0.4, 0.5) is 0 Å². The minimum atomic E-state index is 0.843. The van der Waals surface area contributed by atoms with Crippen molar-refractivity contribution in [2.45, 2.75) is 0 Å². The first-order valence-corrected chi connectivity index (χ1v) is 5.20. The van der Waals surface area contributed by atoms with Crippen LogP contribution in [0.1, 0.15) is 0 Å². The molecule has 78 valence electrons. The molecule has 2 aromatic carbocycles. The van der Waals surface area contributed by atoms with Gasteiger partial charge < -0.3 is 4.74 Å². The number of pyridine rings is 1. The molecule has 0 radical (unpaired) electrons. The van der Waals surface area contributed by atoms with Crippen LogP contribution in [-0.2, 0) is 0 Å². The zero-order valence-corrected chi connectivity index (χ0v) is 8.97. The van der Waals surface area contributed by atoms with Crippen LogP contribution < -0.4 is 4.74 Å². The summed E-state index contributed by atoms with van der Waals surface area (Å²) < 4.78 is 5.19. The highest BCUT2D eigenvalue weighted by Gasteiger charge is 2.00. The van der Waals surface area contributed by atoms with Crippen LogP contribution in [0.3, 0.4) is 0 Å². The van der Waals surface area contributed by atoms with Crippen LogP contribution in [0.25, 0.3) is 21.8 Å². The largest absolute Gasteiger partial charge is 0.497 e. The van der Waals surface area contributed by atoms with E-state index in [0.29, 0.717) is 0 Å². The van der Waals surface area contributed by atoms with Gasteiger partial charge in [0.15, 0.2) is 0 Å². The maximum atomic E-state index is 5.19. The second-order valence-electron chi connectivity index (χ2n) is 3.74. The number of ether oxygens (including phenoxy) is 1. The molecule has 1 aromatic heterocycles. The number of fused-ring (bicyclic) bond motifs is 2. The second-order valence-corrected chi connectivity index (χ2v) is 3.74. The van der Waals surface area contributed by atoms with Gasteiger partial charge in [-0.2, -0.15) is 0 Å². The SMILES string of the molecule is COc1ccc2cc3ccccc3nc2c1. The summed E-state index contributed by atoms with van der Waals surface area (Å²) in [5.41, 5.74) is 1.99. The Morgan fingerprint density at radius 2 is 1.69 bits per heavy atom. The fourth-order valence-corrected chi connectivity index (χ4v) is 1.88. The second kappa shape index (κ2) is 3.49. The summed E-state index contributed by atoms with van der Waals surface area (Å²) >= 11 is 0. The summed E-state index contributed by atoms with van der Waals surface area (Å²) in [6.07, 6.45) is 0. The lowest BCUT2D eigenvalue weighted by atomic mass is 10.1. The van der Waals surface area contributed by atoms with Gasteiger partial charge in [0.1, 0.15) is 5.75 Å². The Morgan fingerprint density at radius 1 is 0.875 bits per heavy atom. The van der Waals surface area contributed by atoms with Crippen molar-refractivity contribution in [3.63, 3.8) is 0 Å². The van der Waals surface area contributed by atoms with Crippen molar-refractivity contribution in [1.82, 2.24) is 4.98 Å². The molecule has 0 aliphatic carbocycles. The normalized spacial score (nSPS) is 10.8. The Bertz CT molecular complexity index is 661. The van der Waals surface area contributed by atoms with E-state index in [1.54, 1.807) is 7.11 Å². The number of hydrogen-bond donors (Lipinski definition) is 0. The molecule has 2 nitrogen and oxygen atoms in total. The van der Waals surface area contributed by atoms with E-state index in [9.17, 15) is 0 Å². The van der Waals surface area contributed by atoms with Gasteiger partial charge in [-0.1, -0.05) is 18.2 Å². The molecule has 3 rings (SSSR count). The fourth-order valence-electron chi connectivity index (χ4n) is 1.88. The minimum Gasteiger partial charge on any atom is -0.497 e. The van der Waals surface area contributed by atoms with Crippen LogP contribution in [-0.4, -0.2) is 12.1 Å². The molecule has 2 heteroatoms. The summed E-state index contributed by atoms with van der Waals surface area (Å²) in [7, 11) is 1.67. The third kappa shape index (κ3) is 1.39. The number of methoxy groups -OCH3 is 1. The van der Waals surface area contributed by atoms with Crippen LogP contribution in [0.2, 0.25) is 0 Å². The van der Waals surface area contributed by atoms with Gasteiger partial charge >= 0.3 is 0 Å². The molecule has 0 aliphatic rings. The van der Waals surface area contributed by atoms with Crippen LogP contribution in [0, 0.1) is 0 Å². The van der Waals surface area contributed by atoms with Gasteiger partial charge in [0.25, 0.3) is 0 Å². The Morgan fingerprint density at radius 3 is 2.56 bits per heavy atom. The Kier molecular flexibility index (Phi) is 2.00. The van der Waals surface area contributed by atoms with Gasteiger partial charge in [0, 0.05) is 16.8 Å². The van der Waals surface area contributed by atoms with Crippen molar-refractivity contribution in [2.75, 3.05) is 7.11 Å². The molecular weight excluding hydrogens is 198 g/mol. The molecular formula is C14H11NO. The van der Waals surface area contributed by atoms with Gasteiger partial charge in [0.05, 0.1) is 18.1 Å². The van der Waals surface area contributed by atoms with Crippen molar-refractivity contribution in [1.29, 1.82) is 0 Å². The predicted octanol–water partition coefficient (Wildman–Crippen LogP) is 3.40. The third-order valence-electron chi connectivity index (χ3n) is 2.73. The molecule has 0 unspecified atom stereocenters. The molecule has 16 heavy (non-hydrogen) atoms. The number of para-hydroxylation sites is 1. The van der Waals surface area contributed by atoms with Crippen molar-refractivity contribution in [3.8, 4) is 5.75 Å². The molecule has 0 bridgehead atoms. The van der Waals surface area contributed by atoms with E-state index >= 15 is 0 Å². The first-order chi connectivity index (χ1) is 7.86. The average Bonchev–Trinajstić information content (AvgIpc) is 2.35. The monoisotopic (exact) mass is 209 g/mol. The Balaban J connectivity index is 2.37. The third-order valence-corrected chi connectivity index (χ3v) is 2.73. The summed E-state index contributed by atoms with van der Waals surface area (Å²) in [4.78, 5) is 4.61. The van der Waals surface area contributed by atoms with Gasteiger partial charge in [-0.25, -0.2) is 4.98 Å². The maximum absolute atomic E-state index is 5.19. The molecule has 0 N–H and O–H groups in total. The summed E-state index contributed by atoms with van der Waals surface area (Å²) in [6.45, 7) is 0. The highest BCUT2D eigenvalue weighted by Crippen LogP contribution is 2.23. The quantitative estimate of drug-likeness (QED) is 0.573. The molecule has 0 saturated carbocycles. The van der Waals surface area contributed by atoms with E-state index in [-0.39, 0.29) is 0 Å². The first kappa shape index (κ1) is 9.16. The molecule has 3 aromatic rings. The lowest BCUT2D eigenvalue weighted by Crippen LogP contribution is -1.85. The van der Waals surface area contributed by atoms with Crippen LogP contribution >= 0.6 is 0 Å². The van der Waals surface area contributed by atoms with E-state index in [0.717, 1.165) is 22.2 Å². The van der Waals surface area contributed by atoms with Crippen molar-refractivity contribution in [2.24, 2.45) is 0 Å². The molecule has 0 spiro atoms. The summed E-state index contributed by atoms with van der Waals surface area (Å²) in [5.74, 6) is 0.843. The predicted molar refractivity (Wildman–Crippen MR) is 65.8 cm³/mol. The zero-order chi connectivity index (χ0) is 11.0. The van der Waals surface area contributed by atoms with Crippen molar-refractivity contribution >= 4 is 21.8 Å². The highest BCUT2D eigenvalue weighted by molar-refractivity contribution is 5.93. The van der Waals surface area contributed by atoms with Gasteiger partial charge in [0.2, 0.25) is 0 Å². The number of nitrogens with zero attached hydrogens (tertiary/aromatic N) is 1.